The molecule has 0 aromatic heterocycles. The first-order chi connectivity index (χ1) is 7.51. The van der Waals surface area contributed by atoms with Crippen molar-refractivity contribution < 1.29 is 14.3 Å². The number of ether oxygens (including phenoxy) is 1. The van der Waals surface area contributed by atoms with Crippen molar-refractivity contribution in [3.63, 3.8) is 0 Å². The number of nitrogens with zero attached hydrogens (tertiary/aromatic N) is 1. The summed E-state index contributed by atoms with van der Waals surface area (Å²) in [6.45, 7) is 3.73. The molecule has 0 aromatic rings. The van der Waals surface area contributed by atoms with Crippen molar-refractivity contribution in [1.82, 2.24) is 5.32 Å². The Hall–Kier alpha value is -1.61. The lowest BCUT2D eigenvalue weighted by Gasteiger charge is -2.16. The molecule has 6 heteroatoms. The molecule has 90 valence electrons. The summed E-state index contributed by atoms with van der Waals surface area (Å²) in [4.78, 5) is 22.3. The van der Waals surface area contributed by atoms with E-state index in [1.54, 1.807) is 13.8 Å². The summed E-state index contributed by atoms with van der Waals surface area (Å²) < 4.78 is 4.88. The summed E-state index contributed by atoms with van der Waals surface area (Å²) in [6.07, 6.45) is 0.212. The maximum Gasteiger partial charge on any atom is 0.246 e. The topological polar surface area (TPSA) is 105 Å². The van der Waals surface area contributed by atoms with Gasteiger partial charge in [0.15, 0.2) is 0 Å². The van der Waals surface area contributed by atoms with Gasteiger partial charge >= 0.3 is 0 Å². The number of carbonyl (C=O) groups excluding carboxylic acids is 2. The van der Waals surface area contributed by atoms with Crippen LogP contribution in [-0.4, -0.2) is 31.1 Å². The van der Waals surface area contributed by atoms with Gasteiger partial charge in [0.2, 0.25) is 11.8 Å². The summed E-state index contributed by atoms with van der Waals surface area (Å²) in [7, 11) is 0. The second-order valence-corrected chi connectivity index (χ2v) is 3.43. The van der Waals surface area contributed by atoms with Gasteiger partial charge in [0.25, 0.3) is 0 Å². The van der Waals surface area contributed by atoms with E-state index in [2.05, 4.69) is 5.32 Å². The summed E-state index contributed by atoms with van der Waals surface area (Å²) in [5, 5.41) is 11.0. The van der Waals surface area contributed by atoms with E-state index in [0.717, 1.165) is 0 Å². The minimum Gasteiger partial charge on any atom is -0.372 e. The van der Waals surface area contributed by atoms with Crippen molar-refractivity contribution >= 4 is 11.8 Å². The molecule has 0 aliphatic carbocycles. The van der Waals surface area contributed by atoms with E-state index in [4.69, 9.17) is 15.7 Å². The van der Waals surface area contributed by atoms with Crippen LogP contribution in [-0.2, 0) is 14.3 Å². The molecule has 0 aliphatic rings. The molecule has 2 amide bonds. The monoisotopic (exact) mass is 227 g/mol. The van der Waals surface area contributed by atoms with Crippen LogP contribution >= 0.6 is 0 Å². The van der Waals surface area contributed by atoms with E-state index in [9.17, 15) is 9.59 Å². The van der Waals surface area contributed by atoms with Gasteiger partial charge in [-0.1, -0.05) is 0 Å². The number of nitriles is 1. The Morgan fingerprint density at radius 1 is 1.56 bits per heavy atom. The smallest absolute Gasteiger partial charge is 0.246 e. The van der Waals surface area contributed by atoms with Gasteiger partial charge in [-0.2, -0.15) is 5.26 Å². The van der Waals surface area contributed by atoms with Gasteiger partial charge in [0, 0.05) is 12.5 Å². The second kappa shape index (κ2) is 7.65. The van der Waals surface area contributed by atoms with Crippen molar-refractivity contribution in [2.75, 3.05) is 13.2 Å². The van der Waals surface area contributed by atoms with Crippen LogP contribution in [0.3, 0.4) is 0 Å². The molecule has 0 heterocycles. The molecule has 0 unspecified atom stereocenters. The van der Waals surface area contributed by atoms with Gasteiger partial charge in [-0.15, -0.1) is 0 Å². The standard InChI is InChI=1S/C10H17N3O3/c1-3-16-6-9(14)13-8(10(12)15)4-7(2)5-11/h7-8H,3-4,6H2,1-2H3,(H2,12,15)(H,13,14)/t7-,8-/m1/s1. The third-order valence-corrected chi connectivity index (χ3v) is 1.93. The normalized spacial score (nSPS) is 13.6. The number of nitrogens with one attached hydrogen (secondary N) is 1. The molecule has 0 aromatic carbocycles. The number of carbonyl (C=O) groups is 2. The van der Waals surface area contributed by atoms with Crippen molar-refractivity contribution in [2.45, 2.75) is 26.3 Å². The molecule has 0 fully saturated rings. The predicted molar refractivity (Wildman–Crippen MR) is 57.0 cm³/mol. The molecule has 2 atom stereocenters. The van der Waals surface area contributed by atoms with Crippen LogP contribution in [0, 0.1) is 17.2 Å². The molecule has 0 aliphatic heterocycles. The molecule has 0 bridgehead atoms. The van der Waals surface area contributed by atoms with Crippen LogP contribution in [0.1, 0.15) is 20.3 Å². The van der Waals surface area contributed by atoms with Crippen molar-refractivity contribution in [3.8, 4) is 6.07 Å². The highest BCUT2D eigenvalue weighted by molar-refractivity contribution is 5.87. The third-order valence-electron chi connectivity index (χ3n) is 1.93. The molecule has 3 N–H and O–H groups in total. The molecular weight excluding hydrogens is 210 g/mol. The molecule has 0 rings (SSSR count). The zero-order valence-electron chi connectivity index (χ0n) is 9.53. The Morgan fingerprint density at radius 2 is 2.19 bits per heavy atom. The molecular formula is C10H17N3O3. The number of primary amides is 1. The highest BCUT2D eigenvalue weighted by Crippen LogP contribution is 2.04. The lowest BCUT2D eigenvalue weighted by Crippen LogP contribution is -2.46. The van der Waals surface area contributed by atoms with Crippen LogP contribution in [0.25, 0.3) is 0 Å². The zero-order valence-corrected chi connectivity index (χ0v) is 9.53. The fourth-order valence-corrected chi connectivity index (χ4v) is 1.08. The van der Waals surface area contributed by atoms with Crippen molar-refractivity contribution in [2.24, 2.45) is 11.7 Å². The maximum absolute atomic E-state index is 11.3. The summed E-state index contributed by atoms with van der Waals surface area (Å²) in [5.74, 6) is -1.40. The summed E-state index contributed by atoms with van der Waals surface area (Å²) in [5.41, 5.74) is 5.11. The first kappa shape index (κ1) is 14.4. The third kappa shape index (κ3) is 5.98. The van der Waals surface area contributed by atoms with Crippen LogP contribution in [0.15, 0.2) is 0 Å². The van der Waals surface area contributed by atoms with Gasteiger partial charge in [0.05, 0.1) is 6.07 Å². The number of hydrogen-bond donors (Lipinski definition) is 2. The Labute approximate surface area is 94.7 Å². The van der Waals surface area contributed by atoms with Crippen molar-refractivity contribution in [1.29, 1.82) is 5.26 Å². The van der Waals surface area contributed by atoms with E-state index in [0.29, 0.717) is 6.61 Å². The average molecular weight is 227 g/mol. The molecule has 0 saturated heterocycles. The van der Waals surface area contributed by atoms with E-state index in [1.807, 2.05) is 6.07 Å². The van der Waals surface area contributed by atoms with Crippen LogP contribution in [0.2, 0.25) is 0 Å². The summed E-state index contributed by atoms with van der Waals surface area (Å²) in [6, 6.07) is 1.16. The second-order valence-electron chi connectivity index (χ2n) is 3.43. The maximum atomic E-state index is 11.3. The van der Waals surface area contributed by atoms with E-state index in [-0.39, 0.29) is 18.9 Å². The van der Waals surface area contributed by atoms with Crippen LogP contribution < -0.4 is 11.1 Å². The molecule has 0 spiro atoms. The Morgan fingerprint density at radius 3 is 2.62 bits per heavy atom. The van der Waals surface area contributed by atoms with E-state index >= 15 is 0 Å². The fraction of sp³-hybridized carbons (Fsp3) is 0.700. The van der Waals surface area contributed by atoms with Gasteiger partial charge < -0.3 is 15.8 Å². The minimum atomic E-state index is -0.817. The van der Waals surface area contributed by atoms with Crippen LogP contribution in [0.5, 0.6) is 0 Å². The molecule has 0 radical (unpaired) electrons. The lowest BCUT2D eigenvalue weighted by atomic mass is 10.0. The van der Waals surface area contributed by atoms with E-state index in [1.165, 1.54) is 0 Å². The fourth-order valence-electron chi connectivity index (χ4n) is 1.08. The Balaban J connectivity index is 4.19. The quantitative estimate of drug-likeness (QED) is 0.614. The predicted octanol–water partition coefficient (Wildman–Crippen LogP) is -0.457. The van der Waals surface area contributed by atoms with Crippen molar-refractivity contribution in [3.05, 3.63) is 0 Å². The number of nitrogens with two attached hydrogens (primary N) is 1. The Bertz CT molecular complexity index is 286. The zero-order chi connectivity index (χ0) is 12.6. The molecule has 6 nitrogen and oxygen atoms in total. The van der Waals surface area contributed by atoms with Gasteiger partial charge in [0.1, 0.15) is 12.6 Å². The average Bonchev–Trinajstić information content (AvgIpc) is 2.24. The molecule has 16 heavy (non-hydrogen) atoms. The highest BCUT2D eigenvalue weighted by atomic mass is 16.5. The highest BCUT2D eigenvalue weighted by Gasteiger charge is 2.20. The van der Waals surface area contributed by atoms with E-state index < -0.39 is 17.9 Å². The minimum absolute atomic E-state index is 0.110. The van der Waals surface area contributed by atoms with Crippen LogP contribution in [0.4, 0.5) is 0 Å². The number of hydrogen-bond acceptors (Lipinski definition) is 4. The molecule has 0 saturated carbocycles. The first-order valence-corrected chi connectivity index (χ1v) is 5.07. The Kier molecular flexibility index (Phi) is 6.88. The summed E-state index contributed by atoms with van der Waals surface area (Å²) >= 11 is 0. The van der Waals surface area contributed by atoms with Gasteiger partial charge in [-0.25, -0.2) is 0 Å². The lowest BCUT2D eigenvalue weighted by molar-refractivity contribution is -0.130. The number of amides is 2. The largest absolute Gasteiger partial charge is 0.372 e. The van der Waals surface area contributed by atoms with Gasteiger partial charge in [-0.05, 0) is 20.3 Å². The number of rotatable bonds is 7. The first-order valence-electron chi connectivity index (χ1n) is 5.07. The van der Waals surface area contributed by atoms with Gasteiger partial charge in [-0.3, -0.25) is 9.59 Å². The SMILES string of the molecule is CCOCC(=O)N[C@H](C[C@@H](C)C#N)C(N)=O.